The van der Waals surface area contributed by atoms with Gasteiger partial charge in [-0.25, -0.2) is 0 Å². The van der Waals surface area contributed by atoms with E-state index in [9.17, 15) is 4.79 Å². The summed E-state index contributed by atoms with van der Waals surface area (Å²) in [5.41, 5.74) is 0.677. The molecule has 20 heavy (non-hydrogen) atoms. The SMILES string of the molecule is O=C(c1ccc(Cl)cc1)N1CCC2(CC1)OCCCO2. The molecule has 2 heterocycles. The molecule has 0 unspecified atom stereocenters. The number of rotatable bonds is 1. The lowest BCUT2D eigenvalue weighted by molar-refractivity contribution is -0.281. The van der Waals surface area contributed by atoms with Gasteiger partial charge in [0.15, 0.2) is 5.79 Å². The molecule has 4 nitrogen and oxygen atoms in total. The van der Waals surface area contributed by atoms with E-state index in [2.05, 4.69) is 0 Å². The summed E-state index contributed by atoms with van der Waals surface area (Å²) in [6, 6.07) is 7.02. The molecule has 1 spiro atoms. The molecule has 108 valence electrons. The predicted octanol–water partition coefficient (Wildman–Crippen LogP) is 2.71. The zero-order valence-corrected chi connectivity index (χ0v) is 12.1. The first-order chi connectivity index (χ1) is 9.69. The van der Waals surface area contributed by atoms with Crippen LogP contribution in [0.4, 0.5) is 0 Å². The van der Waals surface area contributed by atoms with Crippen molar-refractivity contribution in [3.63, 3.8) is 0 Å². The molecule has 0 aromatic heterocycles. The molecular weight excluding hydrogens is 278 g/mol. The van der Waals surface area contributed by atoms with Crippen LogP contribution >= 0.6 is 11.6 Å². The van der Waals surface area contributed by atoms with Crippen LogP contribution in [0.5, 0.6) is 0 Å². The average molecular weight is 296 g/mol. The Morgan fingerprint density at radius 3 is 2.30 bits per heavy atom. The number of benzene rings is 1. The lowest BCUT2D eigenvalue weighted by atomic mass is 10.0. The fraction of sp³-hybridized carbons (Fsp3) is 0.533. The van der Waals surface area contributed by atoms with Gasteiger partial charge in [-0.2, -0.15) is 0 Å². The van der Waals surface area contributed by atoms with Crippen LogP contribution in [0.1, 0.15) is 29.6 Å². The summed E-state index contributed by atoms with van der Waals surface area (Å²) >= 11 is 5.84. The van der Waals surface area contributed by atoms with E-state index in [1.165, 1.54) is 0 Å². The summed E-state index contributed by atoms with van der Waals surface area (Å²) in [5, 5.41) is 0.642. The Kier molecular flexibility index (Phi) is 3.96. The van der Waals surface area contributed by atoms with Crippen molar-refractivity contribution in [1.82, 2.24) is 4.90 Å². The van der Waals surface area contributed by atoms with E-state index < -0.39 is 5.79 Å². The molecule has 2 fully saturated rings. The minimum atomic E-state index is -0.449. The van der Waals surface area contributed by atoms with Gasteiger partial charge in [0.25, 0.3) is 5.91 Å². The highest BCUT2D eigenvalue weighted by Gasteiger charge is 2.39. The second kappa shape index (κ2) is 5.72. The van der Waals surface area contributed by atoms with Crippen molar-refractivity contribution in [3.05, 3.63) is 34.9 Å². The fourth-order valence-corrected chi connectivity index (χ4v) is 2.86. The van der Waals surface area contributed by atoms with E-state index in [4.69, 9.17) is 21.1 Å². The zero-order valence-electron chi connectivity index (χ0n) is 11.3. The van der Waals surface area contributed by atoms with Crippen molar-refractivity contribution in [2.24, 2.45) is 0 Å². The van der Waals surface area contributed by atoms with Gasteiger partial charge in [-0.15, -0.1) is 0 Å². The highest BCUT2D eigenvalue weighted by atomic mass is 35.5. The molecule has 3 rings (SSSR count). The lowest BCUT2D eigenvalue weighted by Gasteiger charge is -2.43. The Bertz CT molecular complexity index is 472. The number of carbonyl (C=O) groups is 1. The highest BCUT2D eigenvalue weighted by molar-refractivity contribution is 6.30. The van der Waals surface area contributed by atoms with E-state index in [-0.39, 0.29) is 5.91 Å². The molecular formula is C15H18ClNO3. The molecule has 1 amide bonds. The number of halogens is 1. The number of hydrogen-bond donors (Lipinski definition) is 0. The van der Waals surface area contributed by atoms with E-state index in [1.807, 2.05) is 4.90 Å². The van der Waals surface area contributed by atoms with E-state index in [0.717, 1.165) is 32.5 Å². The third-order valence-electron chi connectivity index (χ3n) is 3.92. The minimum Gasteiger partial charge on any atom is -0.350 e. The van der Waals surface area contributed by atoms with Crippen LogP contribution < -0.4 is 0 Å². The maximum Gasteiger partial charge on any atom is 0.253 e. The second-order valence-corrected chi connectivity index (χ2v) is 5.70. The van der Waals surface area contributed by atoms with Gasteiger partial charge in [0.1, 0.15) is 0 Å². The molecule has 2 aliphatic rings. The van der Waals surface area contributed by atoms with E-state index in [0.29, 0.717) is 23.7 Å². The van der Waals surface area contributed by atoms with Crippen LogP contribution in [-0.2, 0) is 9.47 Å². The third kappa shape index (κ3) is 2.82. The van der Waals surface area contributed by atoms with Gasteiger partial charge in [-0.3, -0.25) is 4.79 Å². The maximum absolute atomic E-state index is 12.4. The van der Waals surface area contributed by atoms with Crippen LogP contribution in [0.3, 0.4) is 0 Å². The van der Waals surface area contributed by atoms with Crippen molar-refractivity contribution in [3.8, 4) is 0 Å². The predicted molar refractivity (Wildman–Crippen MR) is 75.8 cm³/mol. The van der Waals surface area contributed by atoms with Gasteiger partial charge >= 0.3 is 0 Å². The number of ether oxygens (including phenoxy) is 2. The molecule has 0 atom stereocenters. The molecule has 0 saturated carbocycles. The second-order valence-electron chi connectivity index (χ2n) is 5.26. The zero-order chi connectivity index (χ0) is 14.0. The number of carbonyl (C=O) groups excluding carboxylic acids is 1. The van der Waals surface area contributed by atoms with Crippen LogP contribution in [-0.4, -0.2) is 42.9 Å². The van der Waals surface area contributed by atoms with Gasteiger partial charge in [0, 0.05) is 36.5 Å². The van der Waals surface area contributed by atoms with Crippen molar-refractivity contribution >= 4 is 17.5 Å². The highest BCUT2D eigenvalue weighted by Crippen LogP contribution is 2.31. The summed E-state index contributed by atoms with van der Waals surface area (Å²) in [6.45, 7) is 2.85. The molecule has 1 aromatic carbocycles. The van der Waals surface area contributed by atoms with Gasteiger partial charge in [0.2, 0.25) is 0 Å². The Balaban J connectivity index is 1.62. The smallest absolute Gasteiger partial charge is 0.253 e. The number of hydrogen-bond acceptors (Lipinski definition) is 3. The van der Waals surface area contributed by atoms with Gasteiger partial charge in [-0.1, -0.05) is 11.6 Å². The number of nitrogens with zero attached hydrogens (tertiary/aromatic N) is 1. The lowest BCUT2D eigenvalue weighted by Crippen LogP contribution is -2.51. The largest absolute Gasteiger partial charge is 0.350 e. The molecule has 0 radical (unpaired) electrons. The average Bonchev–Trinajstić information content (AvgIpc) is 2.49. The summed E-state index contributed by atoms with van der Waals surface area (Å²) in [4.78, 5) is 14.2. The van der Waals surface area contributed by atoms with Crippen molar-refractivity contribution in [2.45, 2.75) is 25.0 Å². The molecule has 0 aliphatic carbocycles. The quantitative estimate of drug-likeness (QED) is 0.799. The topological polar surface area (TPSA) is 38.8 Å². The number of piperidine rings is 1. The maximum atomic E-state index is 12.4. The normalized spacial score (nSPS) is 21.9. The Hall–Kier alpha value is -1.10. The van der Waals surface area contributed by atoms with E-state index >= 15 is 0 Å². The van der Waals surface area contributed by atoms with Gasteiger partial charge in [0.05, 0.1) is 13.2 Å². The van der Waals surface area contributed by atoms with Crippen molar-refractivity contribution in [1.29, 1.82) is 0 Å². The van der Waals surface area contributed by atoms with Crippen LogP contribution in [0.2, 0.25) is 5.02 Å². The third-order valence-corrected chi connectivity index (χ3v) is 4.17. The van der Waals surface area contributed by atoms with Crippen LogP contribution in [0, 0.1) is 0 Å². The summed E-state index contributed by atoms with van der Waals surface area (Å²) in [7, 11) is 0. The number of amides is 1. The molecule has 2 saturated heterocycles. The standard InChI is InChI=1S/C15H18ClNO3/c16-13-4-2-12(3-5-13)14(18)17-8-6-15(7-9-17)19-10-1-11-20-15/h2-5H,1,6-11H2. The monoisotopic (exact) mass is 295 g/mol. The van der Waals surface area contributed by atoms with E-state index in [1.54, 1.807) is 24.3 Å². The molecule has 0 bridgehead atoms. The van der Waals surface area contributed by atoms with Crippen molar-refractivity contribution in [2.75, 3.05) is 26.3 Å². The molecule has 1 aromatic rings. The number of likely N-dealkylation sites (tertiary alicyclic amines) is 1. The Morgan fingerprint density at radius 1 is 1.10 bits per heavy atom. The fourth-order valence-electron chi connectivity index (χ4n) is 2.73. The summed E-state index contributed by atoms with van der Waals surface area (Å²) in [6.07, 6.45) is 2.44. The van der Waals surface area contributed by atoms with Gasteiger partial charge < -0.3 is 14.4 Å². The van der Waals surface area contributed by atoms with Gasteiger partial charge in [-0.05, 0) is 30.7 Å². The summed E-state index contributed by atoms with van der Waals surface area (Å²) < 4.78 is 11.6. The first-order valence-corrected chi connectivity index (χ1v) is 7.39. The van der Waals surface area contributed by atoms with Crippen LogP contribution in [0.15, 0.2) is 24.3 Å². The summed E-state index contributed by atoms with van der Waals surface area (Å²) in [5.74, 6) is -0.401. The molecule has 2 aliphatic heterocycles. The first kappa shape index (κ1) is 13.9. The Labute approximate surface area is 123 Å². The molecule has 5 heteroatoms. The Morgan fingerprint density at radius 2 is 1.70 bits per heavy atom. The minimum absolute atomic E-state index is 0.0485. The van der Waals surface area contributed by atoms with Crippen LogP contribution in [0.25, 0.3) is 0 Å². The molecule has 0 N–H and O–H groups in total. The van der Waals surface area contributed by atoms with Crippen molar-refractivity contribution < 1.29 is 14.3 Å². The first-order valence-electron chi connectivity index (χ1n) is 7.01.